The van der Waals surface area contributed by atoms with Gasteiger partial charge in [-0.15, -0.1) is 12.4 Å². The largest absolute Gasteiger partial charge is 0.358 e. The minimum atomic E-state index is -0.694. The first-order chi connectivity index (χ1) is 10.1. The molecule has 7 nitrogen and oxygen atoms in total. The Labute approximate surface area is 135 Å². The highest BCUT2D eigenvalue weighted by Crippen LogP contribution is 2.59. The number of likely N-dealkylation sites (N-methyl/N-ethyl adjacent to an activating group) is 2. The van der Waals surface area contributed by atoms with Gasteiger partial charge in [-0.2, -0.15) is 5.10 Å². The van der Waals surface area contributed by atoms with Crippen LogP contribution in [0.5, 0.6) is 0 Å². The van der Waals surface area contributed by atoms with E-state index in [2.05, 4.69) is 25.3 Å². The van der Waals surface area contributed by atoms with Crippen LogP contribution in [0.25, 0.3) is 0 Å². The van der Waals surface area contributed by atoms with Gasteiger partial charge in [-0.1, -0.05) is 6.07 Å². The van der Waals surface area contributed by atoms with Crippen molar-refractivity contribution < 1.29 is 4.79 Å². The van der Waals surface area contributed by atoms with Crippen LogP contribution in [0.15, 0.2) is 37.2 Å². The molecule has 0 saturated heterocycles. The molecule has 3 unspecified atom stereocenters. The molecule has 1 saturated carbocycles. The summed E-state index contributed by atoms with van der Waals surface area (Å²) in [6, 6.07) is 3.70. The van der Waals surface area contributed by atoms with Crippen LogP contribution in [-0.2, 0) is 10.2 Å². The lowest BCUT2D eigenvalue weighted by Gasteiger charge is -2.18. The highest BCUT2D eigenvalue weighted by atomic mass is 35.5. The molecule has 0 aliphatic heterocycles. The molecular formula is C14H19ClN6O. The molecular weight excluding hydrogens is 304 g/mol. The molecule has 1 aliphatic carbocycles. The molecule has 8 heteroatoms. The Kier molecular flexibility index (Phi) is 4.48. The van der Waals surface area contributed by atoms with Crippen molar-refractivity contribution in [3.05, 3.63) is 42.7 Å². The quantitative estimate of drug-likeness (QED) is 0.874. The maximum absolute atomic E-state index is 12.7. The Morgan fingerprint density at radius 3 is 2.68 bits per heavy atom. The number of hydrogen-bond donors (Lipinski definition) is 1. The maximum Gasteiger partial charge on any atom is 0.234 e. The van der Waals surface area contributed by atoms with Crippen molar-refractivity contribution in [2.45, 2.75) is 17.5 Å². The predicted octanol–water partition coefficient (Wildman–Crippen LogP) is 0.264. The summed E-state index contributed by atoms with van der Waals surface area (Å²) in [7, 11) is 5.59. The molecule has 22 heavy (non-hydrogen) atoms. The molecule has 0 bridgehead atoms. The molecule has 3 rings (SSSR count). The maximum atomic E-state index is 12.7. The van der Waals surface area contributed by atoms with Crippen LogP contribution in [0, 0.1) is 0 Å². The van der Waals surface area contributed by atoms with Crippen LogP contribution >= 0.6 is 12.4 Å². The molecule has 2 aromatic heterocycles. The average Bonchev–Trinajstić information content (AvgIpc) is 2.93. The molecule has 0 aromatic carbocycles. The lowest BCUT2D eigenvalue weighted by molar-refractivity contribution is -0.123. The molecule has 1 fully saturated rings. The second-order valence-corrected chi connectivity index (χ2v) is 5.42. The zero-order chi connectivity index (χ0) is 15.0. The highest BCUT2D eigenvalue weighted by Gasteiger charge is 2.73. The lowest BCUT2D eigenvalue weighted by Crippen LogP contribution is -2.38. The van der Waals surface area contributed by atoms with Gasteiger partial charge in [0, 0.05) is 19.4 Å². The second-order valence-electron chi connectivity index (χ2n) is 5.42. The third kappa shape index (κ3) is 2.17. The van der Waals surface area contributed by atoms with Crippen LogP contribution in [0.2, 0.25) is 0 Å². The van der Waals surface area contributed by atoms with E-state index in [9.17, 15) is 4.79 Å². The van der Waals surface area contributed by atoms with Gasteiger partial charge in [0.1, 0.15) is 18.1 Å². The zero-order valence-corrected chi connectivity index (χ0v) is 13.5. The van der Waals surface area contributed by atoms with Crippen molar-refractivity contribution in [3.63, 3.8) is 0 Å². The molecule has 1 N–H and O–H groups in total. The Balaban J connectivity index is 0.00000176. The monoisotopic (exact) mass is 322 g/mol. The van der Waals surface area contributed by atoms with E-state index < -0.39 is 5.41 Å². The second kappa shape index (κ2) is 6.02. The fraction of sp³-hybridized carbons (Fsp3) is 0.429. The van der Waals surface area contributed by atoms with E-state index in [-0.39, 0.29) is 30.4 Å². The zero-order valence-electron chi connectivity index (χ0n) is 12.7. The number of carbonyl (C=O) groups is 1. The summed E-state index contributed by atoms with van der Waals surface area (Å²) in [5.41, 5.74) is 0.198. The summed E-state index contributed by atoms with van der Waals surface area (Å²) in [6.45, 7) is 0. The molecule has 118 valence electrons. The van der Waals surface area contributed by atoms with Crippen molar-refractivity contribution in [1.29, 1.82) is 0 Å². The number of nitrogens with one attached hydrogen (secondary N) is 1. The van der Waals surface area contributed by atoms with Gasteiger partial charge in [0.15, 0.2) is 0 Å². The number of rotatable bonds is 4. The van der Waals surface area contributed by atoms with Crippen LogP contribution in [-0.4, -0.2) is 57.7 Å². The molecule has 1 amide bonds. The number of hydrogen-bond acceptors (Lipinski definition) is 5. The third-order valence-corrected chi connectivity index (χ3v) is 4.14. The van der Waals surface area contributed by atoms with Crippen LogP contribution in [0.1, 0.15) is 11.6 Å². The Bertz CT molecular complexity index is 632. The Morgan fingerprint density at radius 1 is 1.41 bits per heavy atom. The molecule has 0 radical (unpaired) electrons. The van der Waals surface area contributed by atoms with Crippen molar-refractivity contribution in [1.82, 2.24) is 30.0 Å². The van der Waals surface area contributed by atoms with Gasteiger partial charge in [-0.05, 0) is 25.7 Å². The molecule has 3 atom stereocenters. The van der Waals surface area contributed by atoms with Gasteiger partial charge in [0.2, 0.25) is 5.91 Å². The van der Waals surface area contributed by atoms with Gasteiger partial charge in [0.05, 0.1) is 12.1 Å². The summed E-state index contributed by atoms with van der Waals surface area (Å²) >= 11 is 0. The number of halogens is 1. The van der Waals surface area contributed by atoms with E-state index in [1.165, 1.54) is 6.33 Å². The van der Waals surface area contributed by atoms with Crippen molar-refractivity contribution >= 4 is 18.3 Å². The molecule has 1 aliphatic rings. The Hall–Kier alpha value is -1.99. The fourth-order valence-electron chi connectivity index (χ4n) is 3.31. The van der Waals surface area contributed by atoms with E-state index in [1.54, 1.807) is 30.5 Å². The summed E-state index contributed by atoms with van der Waals surface area (Å²) in [5, 5.41) is 7.01. The van der Waals surface area contributed by atoms with Crippen molar-refractivity contribution in [3.8, 4) is 0 Å². The minimum absolute atomic E-state index is 0. The summed E-state index contributed by atoms with van der Waals surface area (Å²) < 4.78 is 1.76. The van der Waals surface area contributed by atoms with Gasteiger partial charge in [-0.3, -0.25) is 9.78 Å². The van der Waals surface area contributed by atoms with Gasteiger partial charge < -0.3 is 10.2 Å². The van der Waals surface area contributed by atoms with Crippen LogP contribution in [0.3, 0.4) is 0 Å². The predicted molar refractivity (Wildman–Crippen MR) is 83.8 cm³/mol. The Morgan fingerprint density at radius 2 is 2.18 bits per heavy atom. The van der Waals surface area contributed by atoms with Gasteiger partial charge in [-0.25, -0.2) is 9.67 Å². The van der Waals surface area contributed by atoms with Crippen LogP contribution in [0.4, 0.5) is 0 Å². The van der Waals surface area contributed by atoms with E-state index >= 15 is 0 Å². The first-order valence-electron chi connectivity index (χ1n) is 6.77. The molecule has 0 spiro atoms. The smallest absolute Gasteiger partial charge is 0.234 e. The number of nitrogens with zero attached hydrogens (tertiary/aromatic N) is 5. The first kappa shape index (κ1) is 16.4. The van der Waals surface area contributed by atoms with Crippen molar-refractivity contribution in [2.75, 3.05) is 21.1 Å². The first-order valence-corrected chi connectivity index (χ1v) is 6.77. The summed E-state index contributed by atoms with van der Waals surface area (Å²) in [4.78, 5) is 22.9. The number of pyridine rings is 1. The van der Waals surface area contributed by atoms with Gasteiger partial charge >= 0.3 is 0 Å². The topological polar surface area (TPSA) is 75.9 Å². The van der Waals surface area contributed by atoms with E-state index in [1.807, 2.05) is 26.2 Å². The molecule has 2 aromatic rings. The van der Waals surface area contributed by atoms with E-state index in [4.69, 9.17) is 0 Å². The normalized spacial score (nSPS) is 26.4. The summed E-state index contributed by atoms with van der Waals surface area (Å²) in [5.74, 6) is -0.0327. The van der Waals surface area contributed by atoms with E-state index in [0.29, 0.717) is 0 Å². The minimum Gasteiger partial charge on any atom is -0.358 e. The average molecular weight is 323 g/mol. The number of aromatic nitrogens is 4. The van der Waals surface area contributed by atoms with Gasteiger partial charge in [0.25, 0.3) is 0 Å². The molecule has 2 heterocycles. The highest BCUT2D eigenvalue weighted by molar-refractivity contribution is 5.94. The summed E-state index contributed by atoms with van der Waals surface area (Å²) in [6.07, 6.45) is 6.60. The third-order valence-electron chi connectivity index (χ3n) is 4.14. The van der Waals surface area contributed by atoms with E-state index in [0.717, 1.165) is 5.56 Å². The SMILES string of the molecule is CNC(=O)C1(c2cccnc2)C(N(C)C)C1n1cncn1.Cl. The lowest BCUT2D eigenvalue weighted by atomic mass is 9.94. The standard InChI is InChI=1S/C14H18N6O.ClH/c1-15-13(21)14(10-5-4-6-16-7-10)11(19(2)3)12(14)20-9-17-8-18-20;/h4-9,11-12H,1-3H3,(H,15,21);1H. The fourth-order valence-corrected chi connectivity index (χ4v) is 3.31. The number of carbonyl (C=O) groups excluding carboxylic acids is 1. The number of amides is 1. The van der Waals surface area contributed by atoms with Crippen molar-refractivity contribution in [2.24, 2.45) is 0 Å². The van der Waals surface area contributed by atoms with Crippen LogP contribution < -0.4 is 5.32 Å².